The van der Waals surface area contributed by atoms with E-state index in [-0.39, 0.29) is 0 Å². The van der Waals surface area contributed by atoms with Crippen LogP contribution in [0.4, 0.5) is 0 Å². The molecule has 6 heteroatoms. The quantitative estimate of drug-likeness (QED) is 0.152. The van der Waals surface area contributed by atoms with E-state index in [1.54, 1.807) is 0 Å². The van der Waals surface area contributed by atoms with Gasteiger partial charge in [-0.3, -0.25) is 0 Å². The molecule has 356 valence electrons. The van der Waals surface area contributed by atoms with Crippen molar-refractivity contribution in [2.45, 2.75) is 76.0 Å². The van der Waals surface area contributed by atoms with Gasteiger partial charge >= 0.3 is 0 Å². The molecule has 7 aromatic carbocycles. The van der Waals surface area contributed by atoms with Crippen molar-refractivity contribution >= 4 is 40.9 Å². The number of fused-ring (bicyclic) bond motifs is 11. The lowest BCUT2D eigenvalue weighted by molar-refractivity contribution is 0.722. The van der Waals surface area contributed by atoms with Crippen LogP contribution in [-0.4, -0.2) is 24.1 Å². The van der Waals surface area contributed by atoms with Gasteiger partial charge in [0.1, 0.15) is 0 Å². The number of benzene rings is 7. The molecule has 3 aromatic heterocycles. The van der Waals surface area contributed by atoms with Gasteiger partial charge in [-0.05, 0) is 145 Å². The Morgan fingerprint density at radius 3 is 1.86 bits per heavy atom. The van der Waals surface area contributed by atoms with Crippen LogP contribution in [0.3, 0.4) is 0 Å². The smallest absolute Gasteiger partial charge is 0.164 e. The van der Waals surface area contributed by atoms with Crippen LogP contribution >= 0.6 is 11.8 Å². The predicted molar refractivity (Wildman–Crippen MR) is 306 cm³/mol. The van der Waals surface area contributed by atoms with Gasteiger partial charge in [0.05, 0.1) is 10.9 Å². The first-order valence-corrected chi connectivity index (χ1v) is 26.7. The highest BCUT2D eigenvalue weighted by Crippen LogP contribution is 2.62. The van der Waals surface area contributed by atoms with Gasteiger partial charge in [0.2, 0.25) is 0 Å². The van der Waals surface area contributed by atoms with E-state index in [1.807, 2.05) is 31.7 Å². The molecule has 0 atom stereocenters. The van der Waals surface area contributed by atoms with Crippen LogP contribution in [0.5, 0.6) is 0 Å². The lowest BCUT2D eigenvalue weighted by Gasteiger charge is -2.39. The second kappa shape index (κ2) is 18.8. The van der Waals surface area contributed by atoms with Crippen molar-refractivity contribution in [2.24, 2.45) is 0 Å². The molecule has 0 amide bonds. The van der Waals surface area contributed by atoms with Crippen molar-refractivity contribution in [2.75, 3.05) is 0 Å². The summed E-state index contributed by atoms with van der Waals surface area (Å²) < 4.78 is 4.92. The summed E-state index contributed by atoms with van der Waals surface area (Å²) >= 11 is 1.86. The van der Waals surface area contributed by atoms with Crippen molar-refractivity contribution in [1.82, 2.24) is 24.1 Å². The second-order valence-electron chi connectivity index (χ2n) is 18.8. The summed E-state index contributed by atoms with van der Waals surface area (Å²) in [5.74, 6) is 1.87. The summed E-state index contributed by atoms with van der Waals surface area (Å²) in [4.78, 5) is 18.9. The summed E-state index contributed by atoms with van der Waals surface area (Å²) in [6, 6.07) is 59.9. The van der Waals surface area contributed by atoms with Crippen LogP contribution in [0.2, 0.25) is 0 Å². The molecule has 5 nitrogen and oxygen atoms in total. The number of hydrogen-bond donors (Lipinski definition) is 0. The van der Waals surface area contributed by atoms with E-state index in [2.05, 4.69) is 231 Å². The maximum absolute atomic E-state index is 5.58. The first-order chi connectivity index (χ1) is 36.0. The highest BCUT2D eigenvalue weighted by molar-refractivity contribution is 7.99. The number of hydrogen-bond acceptors (Lipinski definition) is 4. The topological polar surface area (TPSA) is 48.5 Å². The Kier molecular flexibility index (Phi) is 11.9. The minimum atomic E-state index is -0.531. The summed E-state index contributed by atoms with van der Waals surface area (Å²) in [5, 5.41) is 1.26. The average Bonchev–Trinajstić information content (AvgIpc) is 4.04. The maximum Gasteiger partial charge on any atom is 0.164 e. The SMILES string of the molecule is C/C=C\c1c(C)c2c(n1-c1cc(-c3nc(-c4ccccc4)nc(-c4ccc5c(c4)C4(c6ccccc6Sc6ccccc64)c4ccccc4-5)n3)cc(-n3c(/C=C\C)c(CC)c4ccccc43)c1)CCC=C2.CC. The van der Waals surface area contributed by atoms with Crippen LogP contribution in [0, 0.1) is 6.92 Å². The average molecular weight is 964 g/mol. The highest BCUT2D eigenvalue weighted by atomic mass is 32.2. The molecule has 13 rings (SSSR count). The second-order valence-corrected chi connectivity index (χ2v) is 19.9. The van der Waals surface area contributed by atoms with E-state index in [4.69, 9.17) is 15.0 Å². The normalized spacial score (nSPS) is 13.7. The standard InChI is InChI=1S/C65H51N5S.C2H6/c1-5-21-56-41(4)48-25-12-17-31-58(48)69(56)45-37-44(38-46(40-45)70-57(22-6-2)47(7-3)51-27-13-18-32-59(51)70)64-67-62(42-23-9-8-10-24-42)66-63(68-64)43-35-36-50-49-26-11-14-28-52(49)65(55(50)39-43)53-29-15-19-33-60(53)71-61-34-20-16-30-54(61)65;1-2/h5-6,8-16,18-30,32-40H,7,17,31H2,1-4H3;1-2H3/b21-5-,22-6-;. The Balaban J connectivity index is 0.00000268. The first-order valence-electron chi connectivity index (χ1n) is 25.9. The minimum Gasteiger partial charge on any atom is -0.313 e. The van der Waals surface area contributed by atoms with Gasteiger partial charge in [-0.1, -0.05) is 178 Å². The van der Waals surface area contributed by atoms with Crippen molar-refractivity contribution in [3.8, 4) is 56.7 Å². The predicted octanol–water partition coefficient (Wildman–Crippen LogP) is 17.4. The highest BCUT2D eigenvalue weighted by Gasteiger charge is 2.50. The van der Waals surface area contributed by atoms with Crippen LogP contribution in [-0.2, 0) is 18.3 Å². The third-order valence-corrected chi connectivity index (χ3v) is 16.1. The molecule has 1 spiro atoms. The van der Waals surface area contributed by atoms with E-state index in [0.29, 0.717) is 17.5 Å². The van der Waals surface area contributed by atoms with Crippen LogP contribution in [0.1, 0.15) is 97.1 Å². The molecular weight excluding hydrogens is 907 g/mol. The fourth-order valence-corrected chi connectivity index (χ4v) is 13.2. The lowest BCUT2D eigenvalue weighted by Crippen LogP contribution is -2.31. The van der Waals surface area contributed by atoms with E-state index in [0.717, 1.165) is 47.3 Å². The summed E-state index contributed by atoms with van der Waals surface area (Å²) in [6.45, 7) is 12.7. The van der Waals surface area contributed by atoms with Gasteiger partial charge in [-0.2, -0.15) is 0 Å². The number of rotatable bonds is 8. The zero-order valence-corrected chi connectivity index (χ0v) is 43.1. The molecule has 2 aliphatic carbocycles. The molecule has 10 aromatic rings. The Labute approximate surface area is 433 Å². The molecule has 0 fully saturated rings. The third-order valence-electron chi connectivity index (χ3n) is 14.9. The lowest BCUT2D eigenvalue weighted by atomic mass is 9.67. The monoisotopic (exact) mass is 963 g/mol. The zero-order valence-electron chi connectivity index (χ0n) is 42.3. The molecule has 0 saturated heterocycles. The molecule has 0 N–H and O–H groups in total. The molecule has 73 heavy (non-hydrogen) atoms. The van der Waals surface area contributed by atoms with Gasteiger partial charge in [0, 0.05) is 60.3 Å². The van der Waals surface area contributed by atoms with E-state index >= 15 is 0 Å². The number of para-hydroxylation sites is 1. The maximum atomic E-state index is 5.58. The van der Waals surface area contributed by atoms with Gasteiger partial charge in [0.25, 0.3) is 0 Å². The largest absolute Gasteiger partial charge is 0.313 e. The van der Waals surface area contributed by atoms with Crippen molar-refractivity contribution in [3.05, 3.63) is 238 Å². The number of aromatic nitrogens is 5. The Bertz CT molecular complexity index is 3840. The number of allylic oxidation sites excluding steroid dienone is 3. The summed E-state index contributed by atoms with van der Waals surface area (Å²) in [6.07, 6.45) is 16.3. The number of aryl methyl sites for hydroxylation is 1. The van der Waals surface area contributed by atoms with Crippen LogP contribution < -0.4 is 0 Å². The van der Waals surface area contributed by atoms with Crippen molar-refractivity contribution in [3.63, 3.8) is 0 Å². The first kappa shape index (κ1) is 46.0. The molecule has 1 aliphatic heterocycles. The van der Waals surface area contributed by atoms with Gasteiger partial charge in [-0.25, -0.2) is 15.0 Å². The van der Waals surface area contributed by atoms with E-state index in [9.17, 15) is 0 Å². The van der Waals surface area contributed by atoms with E-state index in [1.165, 1.54) is 87.8 Å². The van der Waals surface area contributed by atoms with Gasteiger partial charge in [0.15, 0.2) is 17.5 Å². The molecule has 0 saturated carbocycles. The fourth-order valence-electron chi connectivity index (χ4n) is 12.0. The summed E-state index contributed by atoms with van der Waals surface area (Å²) in [5.41, 5.74) is 20.8. The Hall–Kier alpha value is -8.06. The van der Waals surface area contributed by atoms with Crippen LogP contribution in [0.15, 0.2) is 192 Å². The molecule has 3 aliphatic rings. The zero-order chi connectivity index (χ0) is 49.8. The van der Waals surface area contributed by atoms with Gasteiger partial charge < -0.3 is 9.13 Å². The molecule has 0 bridgehead atoms. The molecule has 0 radical (unpaired) electrons. The molecular formula is C67H57N5S. The Morgan fingerprint density at radius 1 is 0.562 bits per heavy atom. The third kappa shape index (κ3) is 7.25. The summed E-state index contributed by atoms with van der Waals surface area (Å²) in [7, 11) is 0. The Morgan fingerprint density at radius 2 is 1.15 bits per heavy atom. The van der Waals surface area contributed by atoms with Crippen LogP contribution in [0.25, 0.3) is 85.8 Å². The van der Waals surface area contributed by atoms with Crippen molar-refractivity contribution < 1.29 is 0 Å². The molecule has 0 unspecified atom stereocenters. The minimum absolute atomic E-state index is 0.531. The fraction of sp³-hybridized carbons (Fsp3) is 0.149. The van der Waals surface area contributed by atoms with E-state index < -0.39 is 5.41 Å². The van der Waals surface area contributed by atoms with Crippen molar-refractivity contribution in [1.29, 1.82) is 0 Å². The molecule has 4 heterocycles. The van der Waals surface area contributed by atoms with Gasteiger partial charge in [-0.15, -0.1) is 0 Å². The number of nitrogens with zero attached hydrogens (tertiary/aromatic N) is 5.